The topological polar surface area (TPSA) is 62.7 Å². The van der Waals surface area contributed by atoms with E-state index in [2.05, 4.69) is 4.98 Å². The first-order chi connectivity index (χ1) is 12.0. The number of piperidine rings is 1. The molecule has 0 bridgehead atoms. The zero-order valence-corrected chi connectivity index (χ0v) is 14.1. The highest BCUT2D eigenvalue weighted by atomic mass is 19.1. The van der Waals surface area contributed by atoms with Crippen LogP contribution in [0, 0.1) is 5.82 Å². The molecule has 1 N–H and O–H groups in total. The lowest BCUT2D eigenvalue weighted by atomic mass is 9.85. The van der Waals surface area contributed by atoms with Gasteiger partial charge in [0.1, 0.15) is 11.4 Å². The molecule has 1 saturated heterocycles. The smallest absolute Gasteiger partial charge is 0.259 e. The van der Waals surface area contributed by atoms with Crippen LogP contribution in [0.2, 0.25) is 0 Å². The van der Waals surface area contributed by atoms with Crippen LogP contribution in [0.1, 0.15) is 28.8 Å². The average molecular weight is 344 g/mol. The normalized spacial score (nSPS) is 16.5. The van der Waals surface area contributed by atoms with Gasteiger partial charge in [-0.3, -0.25) is 4.79 Å². The summed E-state index contributed by atoms with van der Waals surface area (Å²) in [6.45, 7) is 0.866. The number of aliphatic hydroxyl groups is 1. The van der Waals surface area contributed by atoms with Gasteiger partial charge in [-0.1, -0.05) is 12.1 Å². The number of carbonyl (C=O) groups is 1. The van der Waals surface area contributed by atoms with E-state index >= 15 is 0 Å². The number of halogens is 1. The molecule has 1 amide bonds. The summed E-state index contributed by atoms with van der Waals surface area (Å²) in [6.07, 6.45) is 2.84. The van der Waals surface area contributed by atoms with Crippen molar-refractivity contribution in [2.24, 2.45) is 0 Å². The molecule has 25 heavy (non-hydrogen) atoms. The third-order valence-corrected chi connectivity index (χ3v) is 4.60. The summed E-state index contributed by atoms with van der Waals surface area (Å²) in [5, 5.41) is 10.8. The van der Waals surface area contributed by atoms with E-state index in [-0.39, 0.29) is 11.7 Å². The molecule has 132 valence electrons. The number of methoxy groups -OCH3 is 1. The van der Waals surface area contributed by atoms with Crippen LogP contribution in [0.5, 0.6) is 5.88 Å². The Balaban J connectivity index is 1.65. The fraction of sp³-hybridized carbons (Fsp3) is 0.368. The highest BCUT2D eigenvalue weighted by Gasteiger charge is 2.35. The number of hydrogen-bond donors (Lipinski definition) is 1. The highest BCUT2D eigenvalue weighted by Crippen LogP contribution is 2.28. The van der Waals surface area contributed by atoms with E-state index in [4.69, 9.17) is 4.74 Å². The lowest BCUT2D eigenvalue weighted by Crippen LogP contribution is -2.47. The number of rotatable bonds is 4. The van der Waals surface area contributed by atoms with Gasteiger partial charge in [0.25, 0.3) is 5.91 Å². The van der Waals surface area contributed by atoms with Gasteiger partial charge in [0.2, 0.25) is 5.88 Å². The molecule has 0 saturated carbocycles. The fourth-order valence-corrected chi connectivity index (χ4v) is 3.22. The Morgan fingerprint density at radius 2 is 2.08 bits per heavy atom. The average Bonchev–Trinajstić information content (AvgIpc) is 2.61. The first-order valence-electron chi connectivity index (χ1n) is 8.26. The van der Waals surface area contributed by atoms with Crippen molar-refractivity contribution in [1.82, 2.24) is 9.88 Å². The van der Waals surface area contributed by atoms with Crippen molar-refractivity contribution in [1.29, 1.82) is 0 Å². The summed E-state index contributed by atoms with van der Waals surface area (Å²) in [6, 6.07) is 9.65. The van der Waals surface area contributed by atoms with Crippen molar-refractivity contribution in [3.05, 3.63) is 59.5 Å². The number of aromatic nitrogens is 1. The number of pyridine rings is 1. The third-order valence-electron chi connectivity index (χ3n) is 4.60. The monoisotopic (exact) mass is 344 g/mol. The van der Waals surface area contributed by atoms with E-state index in [9.17, 15) is 14.3 Å². The standard InChI is InChI=1S/C19H21FN2O3/c1-25-17-16(6-3-9-21-17)18(23)22-10-7-19(24,8-11-22)13-14-4-2-5-15(20)12-14/h2-6,9,12,24H,7-8,10-11,13H2,1H3. The molecule has 0 atom stereocenters. The minimum absolute atomic E-state index is 0.155. The Labute approximate surface area is 146 Å². The molecule has 1 fully saturated rings. The van der Waals surface area contributed by atoms with Crippen LogP contribution >= 0.6 is 0 Å². The molecule has 0 radical (unpaired) electrons. The van der Waals surface area contributed by atoms with Gasteiger partial charge in [-0.15, -0.1) is 0 Å². The molecule has 6 heteroatoms. The molecule has 1 aromatic carbocycles. The number of carbonyl (C=O) groups excluding carboxylic acids is 1. The highest BCUT2D eigenvalue weighted by molar-refractivity contribution is 5.96. The van der Waals surface area contributed by atoms with Crippen molar-refractivity contribution in [3.8, 4) is 5.88 Å². The van der Waals surface area contributed by atoms with Crippen molar-refractivity contribution >= 4 is 5.91 Å². The number of benzene rings is 1. The summed E-state index contributed by atoms with van der Waals surface area (Å²) in [5.74, 6) is -0.164. The molecule has 3 rings (SSSR count). The Morgan fingerprint density at radius 3 is 2.76 bits per heavy atom. The van der Waals surface area contributed by atoms with Gasteiger partial charge in [0, 0.05) is 25.7 Å². The predicted molar refractivity (Wildman–Crippen MR) is 91.0 cm³/mol. The summed E-state index contributed by atoms with van der Waals surface area (Å²) in [7, 11) is 1.48. The fourth-order valence-electron chi connectivity index (χ4n) is 3.22. The number of ether oxygens (including phenoxy) is 1. The molecule has 1 aliphatic rings. The number of likely N-dealkylation sites (tertiary alicyclic amines) is 1. The van der Waals surface area contributed by atoms with Crippen LogP contribution in [-0.4, -0.2) is 46.7 Å². The molecule has 1 aromatic heterocycles. The molecular weight excluding hydrogens is 323 g/mol. The second-order valence-electron chi connectivity index (χ2n) is 6.38. The maximum Gasteiger partial charge on any atom is 0.259 e. The van der Waals surface area contributed by atoms with Crippen LogP contribution in [0.3, 0.4) is 0 Å². The molecule has 0 spiro atoms. The summed E-state index contributed by atoms with van der Waals surface area (Å²) in [4.78, 5) is 18.4. The Hall–Kier alpha value is -2.47. The third kappa shape index (κ3) is 3.96. The molecular formula is C19H21FN2O3. The van der Waals surface area contributed by atoms with E-state index in [1.807, 2.05) is 0 Å². The van der Waals surface area contributed by atoms with Gasteiger partial charge in [0.05, 0.1) is 12.7 Å². The molecule has 0 unspecified atom stereocenters. The van der Waals surface area contributed by atoms with Crippen LogP contribution in [-0.2, 0) is 6.42 Å². The van der Waals surface area contributed by atoms with Crippen molar-refractivity contribution in [2.45, 2.75) is 24.9 Å². The van der Waals surface area contributed by atoms with Crippen LogP contribution in [0.4, 0.5) is 4.39 Å². The predicted octanol–water partition coefficient (Wildman–Crippen LogP) is 2.44. The summed E-state index contributed by atoms with van der Waals surface area (Å²) >= 11 is 0. The first-order valence-corrected chi connectivity index (χ1v) is 8.26. The molecule has 2 aromatic rings. The lowest BCUT2D eigenvalue weighted by Gasteiger charge is -2.38. The minimum atomic E-state index is -0.927. The van der Waals surface area contributed by atoms with Gasteiger partial charge < -0.3 is 14.7 Å². The van der Waals surface area contributed by atoms with E-state index in [1.165, 1.54) is 19.2 Å². The maximum atomic E-state index is 13.3. The molecule has 2 heterocycles. The second-order valence-corrected chi connectivity index (χ2v) is 6.38. The van der Waals surface area contributed by atoms with Crippen LogP contribution in [0.25, 0.3) is 0 Å². The van der Waals surface area contributed by atoms with Crippen molar-refractivity contribution in [3.63, 3.8) is 0 Å². The Kier molecular flexibility index (Phi) is 4.99. The minimum Gasteiger partial charge on any atom is -0.480 e. The molecule has 0 aliphatic carbocycles. The Morgan fingerprint density at radius 1 is 1.32 bits per heavy atom. The summed E-state index contributed by atoms with van der Waals surface area (Å²) in [5.41, 5.74) is 0.251. The number of hydrogen-bond acceptors (Lipinski definition) is 4. The van der Waals surface area contributed by atoms with E-state index in [0.29, 0.717) is 43.8 Å². The van der Waals surface area contributed by atoms with Gasteiger partial charge in [0.15, 0.2) is 0 Å². The zero-order valence-electron chi connectivity index (χ0n) is 14.1. The lowest BCUT2D eigenvalue weighted by molar-refractivity contribution is -0.0163. The van der Waals surface area contributed by atoms with Gasteiger partial charge in [-0.2, -0.15) is 0 Å². The largest absolute Gasteiger partial charge is 0.480 e. The first kappa shape index (κ1) is 17.4. The second kappa shape index (κ2) is 7.19. The van der Waals surface area contributed by atoms with Crippen molar-refractivity contribution < 1.29 is 19.0 Å². The quantitative estimate of drug-likeness (QED) is 0.925. The molecule has 5 nitrogen and oxygen atoms in total. The van der Waals surface area contributed by atoms with Crippen LogP contribution < -0.4 is 4.74 Å². The molecule has 1 aliphatic heterocycles. The zero-order chi connectivity index (χ0) is 17.9. The summed E-state index contributed by atoms with van der Waals surface area (Å²) < 4.78 is 18.5. The number of nitrogens with zero attached hydrogens (tertiary/aromatic N) is 2. The van der Waals surface area contributed by atoms with Crippen molar-refractivity contribution in [2.75, 3.05) is 20.2 Å². The van der Waals surface area contributed by atoms with Gasteiger partial charge in [-0.25, -0.2) is 9.37 Å². The van der Waals surface area contributed by atoms with Crippen LogP contribution in [0.15, 0.2) is 42.6 Å². The van der Waals surface area contributed by atoms with E-state index in [0.717, 1.165) is 5.56 Å². The maximum absolute atomic E-state index is 13.3. The Bertz CT molecular complexity index is 758. The van der Waals surface area contributed by atoms with E-state index < -0.39 is 5.60 Å². The van der Waals surface area contributed by atoms with E-state index in [1.54, 1.807) is 35.4 Å². The number of amides is 1. The van der Waals surface area contributed by atoms with Gasteiger partial charge in [-0.05, 0) is 42.7 Å². The SMILES string of the molecule is COc1ncccc1C(=O)N1CCC(O)(Cc2cccc(F)c2)CC1. The van der Waals surface area contributed by atoms with Gasteiger partial charge >= 0.3 is 0 Å².